The molecule has 1 aliphatic rings. The SMILES string of the molecule is COc1ncc([125I])cc1CN[C@H]1CCCN[C@H]1c1ccccc1. The molecule has 122 valence electrons. The molecule has 0 spiro atoms. The average molecular weight is 421 g/mol. The number of hydrogen-bond acceptors (Lipinski definition) is 4. The Labute approximate surface area is 151 Å². The molecule has 4 nitrogen and oxygen atoms in total. The van der Waals surface area contributed by atoms with E-state index >= 15 is 0 Å². The number of benzene rings is 1. The number of halogens is 1. The highest BCUT2D eigenvalue weighted by molar-refractivity contribution is 14.1. The molecule has 5 heteroatoms. The molecular weight excluding hydrogens is 399 g/mol. The molecule has 3 rings (SSSR count). The fourth-order valence-corrected chi connectivity index (χ4v) is 3.65. The Hall–Kier alpha value is -1.18. The van der Waals surface area contributed by atoms with Crippen LogP contribution in [0, 0.1) is 3.57 Å². The van der Waals surface area contributed by atoms with E-state index < -0.39 is 0 Å². The molecule has 0 saturated carbocycles. The molecule has 0 bridgehead atoms. The maximum Gasteiger partial charge on any atom is 0.217 e. The van der Waals surface area contributed by atoms with Crippen molar-refractivity contribution < 1.29 is 4.74 Å². The van der Waals surface area contributed by atoms with Gasteiger partial charge >= 0.3 is 0 Å². The second-order valence-electron chi connectivity index (χ2n) is 5.79. The summed E-state index contributed by atoms with van der Waals surface area (Å²) in [5.74, 6) is 0.706. The van der Waals surface area contributed by atoms with Crippen LogP contribution in [0.25, 0.3) is 0 Å². The molecule has 2 N–H and O–H groups in total. The van der Waals surface area contributed by atoms with E-state index in [9.17, 15) is 0 Å². The minimum atomic E-state index is 0.353. The van der Waals surface area contributed by atoms with Gasteiger partial charge in [0.25, 0.3) is 0 Å². The number of ether oxygens (including phenoxy) is 1. The van der Waals surface area contributed by atoms with Gasteiger partial charge in [-0.25, -0.2) is 4.98 Å². The quantitative estimate of drug-likeness (QED) is 0.728. The van der Waals surface area contributed by atoms with E-state index in [4.69, 9.17) is 4.74 Å². The summed E-state index contributed by atoms with van der Waals surface area (Å²) in [5, 5.41) is 7.35. The Balaban J connectivity index is 1.72. The van der Waals surface area contributed by atoms with Crippen LogP contribution in [0.4, 0.5) is 0 Å². The second-order valence-corrected chi connectivity index (χ2v) is 7.04. The second kappa shape index (κ2) is 8.08. The highest BCUT2D eigenvalue weighted by Gasteiger charge is 2.25. The maximum atomic E-state index is 5.38. The number of piperidine rings is 1. The lowest BCUT2D eigenvalue weighted by atomic mass is 9.92. The number of nitrogens with zero attached hydrogens (tertiary/aromatic N) is 1. The lowest BCUT2D eigenvalue weighted by Crippen LogP contribution is -2.45. The van der Waals surface area contributed by atoms with Crippen molar-refractivity contribution in [1.82, 2.24) is 15.6 Å². The molecule has 1 fully saturated rings. The third-order valence-electron chi connectivity index (χ3n) is 4.26. The summed E-state index contributed by atoms with van der Waals surface area (Å²) < 4.78 is 6.51. The van der Waals surface area contributed by atoms with Gasteiger partial charge in [-0.05, 0) is 53.6 Å². The van der Waals surface area contributed by atoms with E-state index in [1.54, 1.807) is 7.11 Å². The van der Waals surface area contributed by atoms with Gasteiger partial charge in [-0.15, -0.1) is 0 Å². The molecule has 0 amide bonds. The van der Waals surface area contributed by atoms with Gasteiger partial charge in [0.05, 0.1) is 7.11 Å². The first kappa shape index (κ1) is 16.7. The van der Waals surface area contributed by atoms with Gasteiger partial charge in [0.15, 0.2) is 0 Å². The zero-order valence-corrected chi connectivity index (χ0v) is 15.4. The normalized spacial score (nSPS) is 21.1. The number of nitrogens with one attached hydrogen (secondary N) is 2. The van der Waals surface area contributed by atoms with E-state index in [1.807, 2.05) is 6.20 Å². The molecule has 23 heavy (non-hydrogen) atoms. The van der Waals surface area contributed by atoms with Crippen LogP contribution in [0.5, 0.6) is 5.88 Å². The highest BCUT2D eigenvalue weighted by Crippen LogP contribution is 2.25. The largest absolute Gasteiger partial charge is 0.481 e. The summed E-state index contributed by atoms with van der Waals surface area (Å²) in [5.41, 5.74) is 2.45. The van der Waals surface area contributed by atoms with Crippen LogP contribution in [0.2, 0.25) is 0 Å². The van der Waals surface area contributed by atoms with Crippen LogP contribution < -0.4 is 15.4 Å². The van der Waals surface area contributed by atoms with E-state index in [1.165, 1.54) is 18.4 Å². The van der Waals surface area contributed by atoms with E-state index in [0.717, 1.165) is 22.2 Å². The number of hydrogen-bond donors (Lipinski definition) is 2. The topological polar surface area (TPSA) is 46.2 Å². The number of aromatic nitrogens is 1. The average Bonchev–Trinajstić information content (AvgIpc) is 2.61. The van der Waals surface area contributed by atoms with E-state index in [0.29, 0.717) is 18.0 Å². The van der Waals surface area contributed by atoms with Gasteiger partial charge in [0.1, 0.15) is 0 Å². The third kappa shape index (κ3) is 4.22. The molecule has 0 radical (unpaired) electrons. The fourth-order valence-electron chi connectivity index (χ4n) is 3.14. The van der Waals surface area contributed by atoms with Gasteiger partial charge in [0, 0.05) is 34.0 Å². The number of pyridine rings is 1. The van der Waals surface area contributed by atoms with Crippen molar-refractivity contribution in [3.8, 4) is 5.88 Å². The summed E-state index contributed by atoms with van der Waals surface area (Å²) in [6.07, 6.45) is 4.20. The number of methoxy groups -OCH3 is 1. The first-order chi connectivity index (χ1) is 11.3. The minimum absolute atomic E-state index is 0.353. The highest BCUT2D eigenvalue weighted by atomic mass is 125. The molecular formula is C18H22IN3O. The van der Waals surface area contributed by atoms with Crippen molar-refractivity contribution in [2.75, 3.05) is 13.7 Å². The van der Waals surface area contributed by atoms with Crippen LogP contribution in [-0.2, 0) is 6.54 Å². The Bertz CT molecular complexity index is 635. The van der Waals surface area contributed by atoms with Gasteiger partial charge in [-0.3, -0.25) is 0 Å². The summed E-state index contributed by atoms with van der Waals surface area (Å²) in [6, 6.07) is 13.6. The van der Waals surface area contributed by atoms with Gasteiger partial charge in [-0.1, -0.05) is 30.3 Å². The maximum absolute atomic E-state index is 5.38. The summed E-state index contributed by atoms with van der Waals surface area (Å²) >= 11 is 2.29. The lowest BCUT2D eigenvalue weighted by molar-refractivity contribution is 0.302. The molecule has 1 aromatic heterocycles. The van der Waals surface area contributed by atoms with Crippen molar-refractivity contribution in [3.63, 3.8) is 0 Å². The molecule has 1 aliphatic heterocycles. The monoisotopic (exact) mass is 421 g/mol. The lowest BCUT2D eigenvalue weighted by Gasteiger charge is -2.34. The molecule has 2 aromatic rings. The summed E-state index contributed by atoms with van der Waals surface area (Å²) in [6.45, 7) is 1.84. The Morgan fingerprint density at radius 2 is 2.17 bits per heavy atom. The van der Waals surface area contributed by atoms with E-state index in [2.05, 4.69) is 74.6 Å². The van der Waals surface area contributed by atoms with Crippen LogP contribution in [-0.4, -0.2) is 24.7 Å². The predicted octanol–water partition coefficient (Wildman–Crippen LogP) is 3.28. The first-order valence-electron chi connectivity index (χ1n) is 7.98. The van der Waals surface area contributed by atoms with Crippen molar-refractivity contribution in [1.29, 1.82) is 0 Å². The minimum Gasteiger partial charge on any atom is -0.481 e. The van der Waals surface area contributed by atoms with Gasteiger partial charge < -0.3 is 15.4 Å². The Morgan fingerprint density at radius 1 is 1.35 bits per heavy atom. The van der Waals surface area contributed by atoms with Gasteiger partial charge in [0.2, 0.25) is 5.88 Å². The van der Waals surface area contributed by atoms with Crippen LogP contribution in [0.1, 0.15) is 30.0 Å². The molecule has 0 aliphatic carbocycles. The Kier molecular flexibility index (Phi) is 5.85. The number of rotatable bonds is 5. The van der Waals surface area contributed by atoms with Crippen LogP contribution in [0.3, 0.4) is 0 Å². The molecule has 2 heterocycles. The van der Waals surface area contributed by atoms with Crippen LogP contribution in [0.15, 0.2) is 42.6 Å². The summed E-state index contributed by atoms with van der Waals surface area (Å²) in [7, 11) is 1.67. The standard InChI is InChI=1S/C18H22IN3O/c1-23-18-14(10-15(19)12-22-18)11-21-16-8-5-9-20-17(16)13-6-3-2-4-7-13/h2-4,6-7,10,12,16-17,20-21H,5,8-9,11H2,1H3/t16-,17-/m0/s1/i19-2. The van der Waals surface area contributed by atoms with Crippen molar-refractivity contribution >= 4 is 22.6 Å². The first-order valence-corrected chi connectivity index (χ1v) is 9.06. The summed E-state index contributed by atoms with van der Waals surface area (Å²) in [4.78, 5) is 4.35. The molecule has 0 unspecified atom stereocenters. The van der Waals surface area contributed by atoms with Crippen molar-refractivity contribution in [2.45, 2.75) is 31.5 Å². The predicted molar refractivity (Wildman–Crippen MR) is 101 cm³/mol. The zero-order valence-electron chi connectivity index (χ0n) is 13.3. The molecule has 1 aromatic carbocycles. The molecule has 1 saturated heterocycles. The van der Waals surface area contributed by atoms with E-state index in [-0.39, 0.29) is 0 Å². The Morgan fingerprint density at radius 3 is 2.96 bits per heavy atom. The van der Waals surface area contributed by atoms with Crippen molar-refractivity contribution in [2.24, 2.45) is 0 Å². The smallest absolute Gasteiger partial charge is 0.217 e. The third-order valence-corrected chi connectivity index (χ3v) is 4.85. The fraction of sp³-hybridized carbons (Fsp3) is 0.389. The molecule has 2 atom stereocenters. The van der Waals surface area contributed by atoms with Crippen LogP contribution >= 0.6 is 22.6 Å². The zero-order chi connectivity index (χ0) is 16.1. The van der Waals surface area contributed by atoms with Gasteiger partial charge in [-0.2, -0.15) is 0 Å². The van der Waals surface area contributed by atoms with Crippen molar-refractivity contribution in [3.05, 3.63) is 57.3 Å².